The first-order valence-corrected chi connectivity index (χ1v) is 14.6. The van der Waals surface area contributed by atoms with Crippen molar-refractivity contribution in [3.8, 4) is 28.7 Å². The Morgan fingerprint density at radius 3 is 2.26 bits per heavy atom. The largest absolute Gasteiger partial charge is 0.481 e. The lowest BCUT2D eigenvalue weighted by Gasteiger charge is -2.33. The number of likely N-dealkylation sites (N-methyl/N-ethyl adjacent to an activating group) is 1. The molecule has 3 aromatic carbocycles. The number of hydrogen-bond acceptors (Lipinski definition) is 8. The third-order valence-electron chi connectivity index (χ3n) is 6.77. The van der Waals surface area contributed by atoms with Gasteiger partial charge in [0.05, 0.1) is 16.1 Å². The van der Waals surface area contributed by atoms with Gasteiger partial charge in [-0.15, -0.1) is 30.7 Å². The highest BCUT2D eigenvalue weighted by Gasteiger charge is 2.23. The number of nitrogens with zero attached hydrogens (tertiary/aromatic N) is 2. The lowest BCUT2D eigenvalue weighted by Crippen LogP contribution is -2.44. The number of hydrogen-bond donors (Lipinski definition) is 3. The minimum atomic E-state index is -3.78. The van der Waals surface area contributed by atoms with Crippen LogP contribution in [0.1, 0.15) is 22.8 Å². The van der Waals surface area contributed by atoms with Gasteiger partial charge in [-0.25, -0.2) is 13.9 Å². The number of nitrogens with one attached hydrogen (secondary N) is 2. The van der Waals surface area contributed by atoms with E-state index < -0.39 is 21.6 Å². The number of anilines is 1. The van der Waals surface area contributed by atoms with Crippen LogP contribution in [0.4, 0.5) is 5.69 Å². The fourth-order valence-electron chi connectivity index (χ4n) is 4.50. The molecule has 0 aliphatic carbocycles. The van der Waals surface area contributed by atoms with Crippen molar-refractivity contribution in [1.29, 1.82) is 0 Å². The predicted octanol–water partition coefficient (Wildman–Crippen LogP) is 4.31. The number of hydroxylamine groups is 1. The summed E-state index contributed by atoms with van der Waals surface area (Å²) in [6, 6.07) is 19.4. The Labute approximate surface area is 259 Å². The number of rotatable bonds is 10. The molecule has 1 aliphatic heterocycles. The van der Waals surface area contributed by atoms with Crippen LogP contribution in [-0.4, -0.2) is 75.0 Å². The Kier molecular flexibility index (Phi) is 13.6. The molecule has 0 saturated carbocycles. The van der Waals surface area contributed by atoms with E-state index in [1.807, 2.05) is 36.4 Å². The number of amides is 1. The Bertz CT molecular complexity index is 1490. The van der Waals surface area contributed by atoms with E-state index in [1.54, 1.807) is 30.6 Å². The number of halogens is 2. The predicted molar refractivity (Wildman–Crippen MR) is 169 cm³/mol. The fourth-order valence-corrected chi connectivity index (χ4v) is 5.56. The highest BCUT2D eigenvalue weighted by atomic mass is 35.5. The molecule has 42 heavy (non-hydrogen) atoms. The van der Waals surface area contributed by atoms with E-state index >= 15 is 0 Å². The number of carbonyl (C=O) groups is 1. The van der Waals surface area contributed by atoms with E-state index in [0.717, 1.165) is 42.9 Å². The van der Waals surface area contributed by atoms with Gasteiger partial charge in [0.15, 0.2) is 9.84 Å². The van der Waals surface area contributed by atoms with E-state index in [9.17, 15) is 18.4 Å². The first-order chi connectivity index (χ1) is 19.3. The van der Waals surface area contributed by atoms with E-state index in [2.05, 4.69) is 34.0 Å². The molecule has 0 spiro atoms. The number of piperazine rings is 1. The van der Waals surface area contributed by atoms with Crippen molar-refractivity contribution < 1.29 is 23.2 Å². The molecule has 0 bridgehead atoms. The summed E-state index contributed by atoms with van der Waals surface area (Å²) in [5.74, 6) is 4.88. The summed E-state index contributed by atoms with van der Waals surface area (Å²) in [5, 5.41) is 12.6. The monoisotopic (exact) mass is 634 g/mol. The summed E-state index contributed by atoms with van der Waals surface area (Å²) in [6.07, 6.45) is 0. The van der Waals surface area contributed by atoms with Crippen molar-refractivity contribution in [2.45, 2.75) is 18.4 Å². The van der Waals surface area contributed by atoms with Gasteiger partial charge >= 0.3 is 0 Å². The normalized spacial score (nSPS) is 13.5. The molecule has 0 atom stereocenters. The van der Waals surface area contributed by atoms with Gasteiger partial charge in [0.25, 0.3) is 5.91 Å². The van der Waals surface area contributed by atoms with Crippen LogP contribution in [0, 0.1) is 11.8 Å². The van der Waals surface area contributed by atoms with Crippen molar-refractivity contribution >= 4 is 46.2 Å². The van der Waals surface area contributed by atoms with Crippen LogP contribution < -0.4 is 15.5 Å². The highest BCUT2D eigenvalue weighted by Crippen LogP contribution is 2.31. The molecule has 226 valence electrons. The van der Waals surface area contributed by atoms with E-state index in [4.69, 9.17) is 4.74 Å². The Morgan fingerprint density at radius 1 is 0.976 bits per heavy atom. The summed E-state index contributed by atoms with van der Waals surface area (Å²) < 4.78 is 32.0. The molecule has 0 radical (unpaired) electrons. The van der Waals surface area contributed by atoms with E-state index in [0.29, 0.717) is 18.0 Å². The number of sulfone groups is 1. The van der Waals surface area contributed by atoms with E-state index in [1.165, 1.54) is 12.1 Å². The maximum Gasteiger partial charge on any atom is 0.276 e. The molecule has 1 saturated heterocycles. The van der Waals surface area contributed by atoms with Crippen molar-refractivity contribution in [3.05, 3.63) is 77.9 Å². The van der Waals surface area contributed by atoms with Crippen LogP contribution in [0.3, 0.4) is 0 Å². The van der Waals surface area contributed by atoms with Gasteiger partial charge in [0.2, 0.25) is 0 Å². The highest BCUT2D eigenvalue weighted by molar-refractivity contribution is 7.91. The molecule has 3 aromatic rings. The fraction of sp³-hybridized carbons (Fsp3) is 0.300. The topological polar surface area (TPSA) is 111 Å². The Morgan fingerprint density at radius 2 is 1.64 bits per heavy atom. The Hall–Kier alpha value is -3.30. The molecule has 9 nitrogen and oxygen atoms in total. The summed E-state index contributed by atoms with van der Waals surface area (Å²) in [7, 11) is -1.70. The average molecular weight is 636 g/mol. The lowest BCUT2D eigenvalue weighted by atomic mass is 9.96. The van der Waals surface area contributed by atoms with Crippen LogP contribution in [0.2, 0.25) is 0 Å². The first kappa shape index (κ1) is 34.9. The number of ether oxygens (including phenoxy) is 1. The van der Waals surface area contributed by atoms with Crippen LogP contribution in [0.5, 0.6) is 5.75 Å². The zero-order valence-corrected chi connectivity index (χ0v) is 25.9. The van der Waals surface area contributed by atoms with Crippen LogP contribution in [-0.2, 0) is 16.4 Å². The summed E-state index contributed by atoms with van der Waals surface area (Å²) in [4.78, 5) is 17.5. The molecular weight excluding hydrogens is 599 g/mol. The third kappa shape index (κ3) is 9.10. The number of benzene rings is 3. The lowest BCUT2D eigenvalue weighted by molar-refractivity contribution is 0.0707. The van der Waals surface area contributed by atoms with E-state index in [-0.39, 0.29) is 41.9 Å². The molecule has 12 heteroatoms. The molecule has 0 unspecified atom stereocenters. The smallest absolute Gasteiger partial charge is 0.276 e. The van der Waals surface area contributed by atoms with Gasteiger partial charge in [-0.1, -0.05) is 36.3 Å². The van der Waals surface area contributed by atoms with Crippen molar-refractivity contribution in [1.82, 2.24) is 15.3 Å². The second kappa shape index (κ2) is 16.4. The van der Waals surface area contributed by atoms with Crippen molar-refractivity contribution in [3.63, 3.8) is 0 Å². The van der Waals surface area contributed by atoms with Gasteiger partial charge in [-0.2, -0.15) is 0 Å². The molecule has 4 rings (SSSR count). The van der Waals surface area contributed by atoms with Gasteiger partial charge in [-0.3, -0.25) is 14.9 Å². The van der Waals surface area contributed by atoms with Gasteiger partial charge in [0.1, 0.15) is 18.2 Å². The standard InChI is InChI=1S/C30H34N4O5S.2ClH/c1-3-4-18-39-26-10-12-27(13-11-26)40(37,38)22-31-29-25(21-34-16-14-33(2)15-17-34)19-24(20-28(29)30(35)32-36)23-8-6-5-7-9-23;;/h5-13,19-20,31,36H,14-18,21-22H2,1-2H3,(H,32,35);2*1H. The second-order valence-electron chi connectivity index (χ2n) is 9.57. The molecule has 0 aromatic heterocycles. The first-order valence-electron chi connectivity index (χ1n) is 13.0. The second-order valence-corrected chi connectivity index (χ2v) is 11.6. The zero-order valence-electron chi connectivity index (χ0n) is 23.5. The molecule has 1 amide bonds. The Balaban J connectivity index is 0.00000308. The van der Waals surface area contributed by atoms with Gasteiger partial charge in [-0.05, 0) is 67.1 Å². The van der Waals surface area contributed by atoms with Crippen LogP contribution in [0.25, 0.3) is 11.1 Å². The maximum atomic E-state index is 13.3. The summed E-state index contributed by atoms with van der Waals surface area (Å²) in [6.45, 7) is 5.93. The van der Waals surface area contributed by atoms with Crippen LogP contribution >= 0.6 is 24.8 Å². The third-order valence-corrected chi connectivity index (χ3v) is 8.29. The SMILES string of the molecule is CC#CCOc1ccc(S(=O)(=O)CNc2c(CN3CCN(C)CC3)cc(-c3ccccc3)cc2C(=O)NO)cc1.Cl.Cl. The molecule has 1 fully saturated rings. The maximum absolute atomic E-state index is 13.3. The average Bonchev–Trinajstić information content (AvgIpc) is 2.97. The number of carbonyl (C=O) groups excluding carboxylic acids is 1. The zero-order chi connectivity index (χ0) is 28.5. The van der Waals surface area contributed by atoms with Gasteiger partial charge in [0, 0.05) is 32.7 Å². The summed E-state index contributed by atoms with van der Waals surface area (Å²) in [5.41, 5.74) is 4.70. The van der Waals surface area contributed by atoms with Crippen molar-refractivity contribution in [2.75, 3.05) is 51.0 Å². The summed E-state index contributed by atoms with van der Waals surface area (Å²) >= 11 is 0. The molecular formula is C30H36Cl2N4O5S. The molecule has 1 heterocycles. The van der Waals surface area contributed by atoms with Crippen molar-refractivity contribution in [2.24, 2.45) is 0 Å². The minimum Gasteiger partial charge on any atom is -0.481 e. The minimum absolute atomic E-state index is 0. The molecule has 3 N–H and O–H groups in total. The molecule has 1 aliphatic rings. The van der Waals surface area contributed by atoms with Gasteiger partial charge < -0.3 is 15.0 Å². The quantitative estimate of drug-likeness (QED) is 0.172. The van der Waals surface area contributed by atoms with Crippen LogP contribution in [0.15, 0.2) is 71.6 Å².